The standard InChI is InChI=1S/C93H180N4O21/c1-5-9-13-17-21-25-29-33-35-37-41-45-49-53-57-62-82(104)96(74(72-115-92-90(112)88(110)86(108)78(70-98)117-92)84(106)76(100)60-55-51-47-43-39-31-27-23-19-15-11-7-3)68-80(102)94-64-59-66-114-67-65-95-81(103)69-97(83(105)63-58-54-50-46-42-38-36-34-30-26-22-18-14-10-6-2)75(73-116-93-91(113)89(111)87(109)79(71-99)118-93)85(107)77(101)61-56-52-48-44-40-32-28-24-20-16-12-8-4/h74-79,84-93,98-101,106-113H,5-73H2,1-4H3,(H,94,102)(H,95,103)/t74-,75-,76+,77+,78?,79?,84-,85-,86-,87-,88-,89-,90?,91?,92-,93-/m0/s1. The molecule has 0 saturated carbocycles. The fourth-order valence-electron chi connectivity index (χ4n) is 16.3. The summed E-state index contributed by atoms with van der Waals surface area (Å²) in [4.78, 5) is 59.9. The number of carbonyl (C=O) groups is 4. The molecule has 2 saturated heterocycles. The lowest BCUT2D eigenvalue weighted by molar-refractivity contribution is -0.304. The summed E-state index contributed by atoms with van der Waals surface area (Å²) < 4.78 is 29.3. The van der Waals surface area contributed by atoms with Gasteiger partial charge < -0.3 is 105 Å². The van der Waals surface area contributed by atoms with Crippen LogP contribution in [0.5, 0.6) is 0 Å². The molecule has 25 nitrogen and oxygen atoms in total. The smallest absolute Gasteiger partial charge is 0.239 e. The number of ether oxygens (including phenoxy) is 5. The van der Waals surface area contributed by atoms with Gasteiger partial charge in [-0.1, -0.05) is 362 Å². The van der Waals surface area contributed by atoms with Crippen LogP contribution in [0.1, 0.15) is 407 Å². The Balaban J connectivity index is 2.28. The van der Waals surface area contributed by atoms with Gasteiger partial charge in [0.15, 0.2) is 12.6 Å². The summed E-state index contributed by atoms with van der Waals surface area (Å²) in [6.45, 7) is 5.38. The lowest BCUT2D eigenvalue weighted by atomic mass is 9.97. The number of amides is 4. The molecular formula is C93H180N4O21. The number of carbonyl (C=O) groups excluding carboxylic acids is 4. The van der Waals surface area contributed by atoms with Crippen LogP contribution in [0.4, 0.5) is 0 Å². The van der Waals surface area contributed by atoms with E-state index < -0.39 is 161 Å². The number of aliphatic hydroxyl groups is 12. The fourth-order valence-corrected chi connectivity index (χ4v) is 16.3. The molecule has 0 radical (unpaired) electrons. The summed E-state index contributed by atoms with van der Waals surface area (Å²) in [5, 5.41) is 138. The van der Waals surface area contributed by atoms with Crippen LogP contribution in [-0.2, 0) is 42.9 Å². The molecule has 25 heteroatoms. The van der Waals surface area contributed by atoms with Crippen molar-refractivity contribution < 1.29 is 104 Å². The van der Waals surface area contributed by atoms with Crippen LogP contribution < -0.4 is 10.6 Å². The van der Waals surface area contributed by atoms with E-state index in [9.17, 15) is 80.5 Å². The van der Waals surface area contributed by atoms with Gasteiger partial charge in [-0.2, -0.15) is 0 Å². The van der Waals surface area contributed by atoms with Crippen molar-refractivity contribution >= 4 is 23.6 Å². The second kappa shape index (κ2) is 75.5. The Hall–Kier alpha value is -2.80. The van der Waals surface area contributed by atoms with Crippen molar-refractivity contribution in [2.45, 2.75) is 504 Å². The van der Waals surface area contributed by atoms with E-state index in [1.165, 1.54) is 215 Å². The highest BCUT2D eigenvalue weighted by Gasteiger charge is 2.47. The summed E-state index contributed by atoms with van der Waals surface area (Å²) in [5.74, 6) is -2.16. The van der Waals surface area contributed by atoms with Crippen molar-refractivity contribution in [3.05, 3.63) is 0 Å². The van der Waals surface area contributed by atoms with Crippen LogP contribution in [0.25, 0.3) is 0 Å². The van der Waals surface area contributed by atoms with Crippen LogP contribution in [0.3, 0.4) is 0 Å². The molecule has 2 aliphatic heterocycles. The van der Waals surface area contributed by atoms with Crippen molar-refractivity contribution in [3.63, 3.8) is 0 Å². The first kappa shape index (κ1) is 111. The predicted octanol–water partition coefficient (Wildman–Crippen LogP) is 13.8. The summed E-state index contributed by atoms with van der Waals surface area (Å²) in [7, 11) is 0. The Morgan fingerprint density at radius 1 is 0.322 bits per heavy atom. The Kier molecular flexibility index (Phi) is 71.2. The van der Waals surface area contributed by atoms with Crippen LogP contribution in [-0.4, -0.2) is 258 Å². The fraction of sp³-hybridized carbons (Fsp3) is 0.957. The predicted molar refractivity (Wildman–Crippen MR) is 466 cm³/mol. The first-order valence-corrected chi connectivity index (χ1v) is 48.6. The zero-order valence-electron chi connectivity index (χ0n) is 75.0. The number of aliphatic hydroxyl groups excluding tert-OH is 12. The largest absolute Gasteiger partial charge is 0.394 e. The molecule has 2 fully saturated rings. The van der Waals surface area contributed by atoms with Gasteiger partial charge in [-0.3, -0.25) is 19.2 Å². The van der Waals surface area contributed by atoms with Gasteiger partial charge in [0.1, 0.15) is 74.1 Å². The average Bonchev–Trinajstić information content (AvgIpc) is 0.816. The van der Waals surface area contributed by atoms with Crippen LogP contribution in [0.2, 0.25) is 0 Å². The minimum Gasteiger partial charge on any atom is -0.394 e. The Bertz CT molecular complexity index is 2170. The minimum atomic E-state index is -1.80. The number of rotatable bonds is 83. The topological polar surface area (TPSA) is 388 Å². The summed E-state index contributed by atoms with van der Waals surface area (Å²) in [6.07, 6.45) is 38.5. The molecule has 0 spiro atoms. The van der Waals surface area contributed by atoms with Crippen molar-refractivity contribution in [3.8, 4) is 0 Å². The summed E-state index contributed by atoms with van der Waals surface area (Å²) >= 11 is 0. The molecule has 2 rings (SSSR count). The summed E-state index contributed by atoms with van der Waals surface area (Å²) in [5.41, 5.74) is 0. The second-order valence-electron chi connectivity index (χ2n) is 34.8. The highest BCUT2D eigenvalue weighted by molar-refractivity contribution is 5.86. The molecule has 16 atom stereocenters. The number of hydrogen-bond donors (Lipinski definition) is 14. The molecule has 0 aromatic carbocycles. The van der Waals surface area contributed by atoms with E-state index in [0.717, 1.165) is 116 Å². The molecule has 0 aromatic heterocycles. The Morgan fingerprint density at radius 2 is 0.576 bits per heavy atom. The minimum absolute atomic E-state index is 0.00791. The van der Waals surface area contributed by atoms with Crippen molar-refractivity contribution in [1.29, 1.82) is 0 Å². The lowest BCUT2D eigenvalue weighted by Crippen LogP contribution is -2.61. The van der Waals surface area contributed by atoms with E-state index in [4.69, 9.17) is 23.7 Å². The van der Waals surface area contributed by atoms with Gasteiger partial charge in [0.05, 0.1) is 57.3 Å². The van der Waals surface area contributed by atoms with Crippen LogP contribution in [0, 0.1) is 0 Å². The highest BCUT2D eigenvalue weighted by atomic mass is 16.7. The zero-order valence-corrected chi connectivity index (χ0v) is 75.0. The monoisotopic (exact) mass is 1690 g/mol. The molecule has 698 valence electrons. The van der Waals surface area contributed by atoms with Gasteiger partial charge in [-0.05, 0) is 32.1 Å². The third-order valence-electron chi connectivity index (χ3n) is 24.3. The van der Waals surface area contributed by atoms with Gasteiger partial charge in [0, 0.05) is 32.5 Å². The highest BCUT2D eigenvalue weighted by Crippen LogP contribution is 2.29. The van der Waals surface area contributed by atoms with Crippen LogP contribution in [0.15, 0.2) is 0 Å². The van der Waals surface area contributed by atoms with E-state index in [1.54, 1.807) is 0 Å². The number of hydrogen-bond acceptors (Lipinski definition) is 21. The lowest BCUT2D eigenvalue weighted by Gasteiger charge is -2.41. The second-order valence-corrected chi connectivity index (χ2v) is 34.8. The number of nitrogens with zero attached hydrogens (tertiary/aromatic N) is 2. The van der Waals surface area contributed by atoms with E-state index in [0.29, 0.717) is 25.7 Å². The molecule has 118 heavy (non-hydrogen) atoms. The molecule has 4 amide bonds. The molecule has 14 N–H and O–H groups in total. The van der Waals surface area contributed by atoms with E-state index in [2.05, 4.69) is 38.3 Å². The van der Waals surface area contributed by atoms with Gasteiger partial charge in [-0.25, -0.2) is 0 Å². The summed E-state index contributed by atoms with van der Waals surface area (Å²) in [6, 6.07) is -2.73. The Morgan fingerprint density at radius 3 is 0.847 bits per heavy atom. The van der Waals surface area contributed by atoms with Gasteiger partial charge in [-0.15, -0.1) is 0 Å². The van der Waals surface area contributed by atoms with Gasteiger partial charge >= 0.3 is 0 Å². The maximum Gasteiger partial charge on any atom is 0.239 e. The van der Waals surface area contributed by atoms with Crippen LogP contribution >= 0.6 is 0 Å². The van der Waals surface area contributed by atoms with Crippen molar-refractivity contribution in [2.24, 2.45) is 0 Å². The molecular weight excluding hydrogens is 1510 g/mol. The molecule has 0 aliphatic carbocycles. The third kappa shape index (κ3) is 52.9. The molecule has 0 bridgehead atoms. The number of nitrogens with one attached hydrogen (secondary N) is 2. The number of unbranched alkanes of at least 4 members (excludes halogenated alkanes) is 50. The maximum absolute atomic E-state index is 14.6. The molecule has 4 unspecified atom stereocenters. The van der Waals surface area contributed by atoms with Crippen molar-refractivity contribution in [1.82, 2.24) is 20.4 Å². The SMILES string of the molecule is CCCCCCCCCCCCCCCCCC(=O)N(CC(=O)NCCCOCCNC(=O)CN(C(=O)CCCCCCCCCCCCCCCCC)[C@@H](CO[C@H]1OC(CO)[C@H](O)[C@H](O)C1O)[C@H](O)[C@H](O)CCCCCCCCCCCCCC)[C@@H](CO[C@H]1OC(CO)[C@H](O)[C@H](O)C1O)[C@H](O)[C@H](O)CCCCCCCCCCCCCC. The molecule has 2 heterocycles. The normalized spacial score (nSPS) is 21.2. The Labute approximate surface area is 715 Å². The molecule has 2 aliphatic rings. The van der Waals surface area contributed by atoms with Gasteiger partial charge in [0.25, 0.3) is 0 Å². The first-order valence-electron chi connectivity index (χ1n) is 48.6. The van der Waals surface area contributed by atoms with E-state index in [1.807, 2.05) is 0 Å². The first-order chi connectivity index (χ1) is 57.3. The molecule has 0 aromatic rings. The average molecular weight is 1690 g/mol. The van der Waals surface area contributed by atoms with E-state index in [-0.39, 0.29) is 58.4 Å². The third-order valence-corrected chi connectivity index (χ3v) is 24.3. The van der Waals surface area contributed by atoms with E-state index >= 15 is 0 Å². The van der Waals surface area contributed by atoms with Gasteiger partial charge in [0.2, 0.25) is 23.6 Å². The quantitative estimate of drug-likeness (QED) is 0.0252. The van der Waals surface area contributed by atoms with Crippen molar-refractivity contribution in [2.75, 3.05) is 65.8 Å². The zero-order chi connectivity index (χ0) is 86.4. The maximum atomic E-state index is 14.6.